The number of methoxy groups -OCH3 is 2. The Kier molecular flexibility index (Phi) is 10.8. The van der Waals surface area contributed by atoms with E-state index in [2.05, 4.69) is 43.0 Å². The smallest absolute Gasteiger partial charge is 0.303 e. The lowest BCUT2D eigenvalue weighted by molar-refractivity contribution is -0.137. The summed E-state index contributed by atoms with van der Waals surface area (Å²) in [5.41, 5.74) is 2.13. The molecule has 37 heavy (non-hydrogen) atoms. The predicted octanol–water partition coefficient (Wildman–Crippen LogP) is 7.38. The minimum Gasteiger partial charge on any atom is -0.497 e. The number of carboxylic acids is 1. The Balaban J connectivity index is 1.93. The van der Waals surface area contributed by atoms with Gasteiger partial charge in [0.15, 0.2) is 0 Å². The van der Waals surface area contributed by atoms with E-state index < -0.39 is 11.6 Å². The third-order valence-electron chi connectivity index (χ3n) is 6.64. The zero-order valence-electron chi connectivity index (χ0n) is 21.9. The molecule has 1 unspecified atom stereocenters. The maximum atomic E-state index is 10.7. The number of aliphatic carboxylic acids is 1. The van der Waals surface area contributed by atoms with E-state index in [4.69, 9.17) is 19.3 Å². The van der Waals surface area contributed by atoms with Crippen LogP contribution in [0.5, 0.6) is 11.5 Å². The summed E-state index contributed by atoms with van der Waals surface area (Å²) in [5, 5.41) is 8.83. The van der Waals surface area contributed by atoms with Crippen molar-refractivity contribution >= 4 is 5.97 Å². The van der Waals surface area contributed by atoms with Gasteiger partial charge < -0.3 is 19.3 Å². The van der Waals surface area contributed by atoms with Gasteiger partial charge in [0.05, 0.1) is 20.3 Å². The van der Waals surface area contributed by atoms with E-state index in [0.29, 0.717) is 0 Å². The van der Waals surface area contributed by atoms with Gasteiger partial charge in [-0.25, -0.2) is 0 Å². The maximum Gasteiger partial charge on any atom is 0.303 e. The molecule has 0 aliphatic heterocycles. The first kappa shape index (κ1) is 28.0. The van der Waals surface area contributed by atoms with Gasteiger partial charge in [0, 0.05) is 6.42 Å². The van der Waals surface area contributed by atoms with Crippen molar-refractivity contribution in [3.05, 3.63) is 108 Å². The molecule has 0 radical (unpaired) electrons. The van der Waals surface area contributed by atoms with Gasteiger partial charge in [0.1, 0.15) is 17.1 Å². The van der Waals surface area contributed by atoms with Gasteiger partial charge in [-0.15, -0.1) is 6.58 Å². The van der Waals surface area contributed by atoms with Crippen LogP contribution < -0.4 is 9.47 Å². The lowest BCUT2D eigenvalue weighted by Crippen LogP contribution is -2.36. The van der Waals surface area contributed by atoms with Crippen molar-refractivity contribution in [3.63, 3.8) is 0 Å². The number of ether oxygens (including phenoxy) is 3. The molecule has 3 rings (SSSR count). The molecule has 0 bridgehead atoms. The Bertz CT molecular complexity index is 1040. The van der Waals surface area contributed by atoms with Gasteiger partial charge in [-0.1, -0.05) is 86.4 Å². The van der Waals surface area contributed by atoms with Crippen molar-refractivity contribution in [2.24, 2.45) is 0 Å². The predicted molar refractivity (Wildman–Crippen MR) is 147 cm³/mol. The van der Waals surface area contributed by atoms with Gasteiger partial charge in [-0.05, 0) is 53.8 Å². The van der Waals surface area contributed by atoms with Crippen molar-refractivity contribution in [2.75, 3.05) is 14.2 Å². The van der Waals surface area contributed by atoms with Gasteiger partial charge in [-0.3, -0.25) is 4.79 Å². The topological polar surface area (TPSA) is 65.0 Å². The number of hydrogen-bond acceptors (Lipinski definition) is 4. The fourth-order valence-corrected chi connectivity index (χ4v) is 4.63. The molecule has 0 aliphatic rings. The van der Waals surface area contributed by atoms with Crippen LogP contribution in [0.15, 0.2) is 91.5 Å². The summed E-state index contributed by atoms with van der Waals surface area (Å²) in [6.07, 6.45) is 7.41. The van der Waals surface area contributed by atoms with Crippen LogP contribution in [0.4, 0.5) is 0 Å². The molecule has 196 valence electrons. The zero-order chi connectivity index (χ0) is 26.5. The normalized spacial score (nSPS) is 12.1. The number of hydrogen-bond donors (Lipinski definition) is 1. The quantitative estimate of drug-likeness (QED) is 0.126. The SMILES string of the molecule is C=CC(CCCCCCCC(=O)O)OC(c1ccccc1)(c1ccc(OC)cc1)c1ccc(OC)cc1. The van der Waals surface area contributed by atoms with E-state index in [0.717, 1.165) is 66.7 Å². The summed E-state index contributed by atoms with van der Waals surface area (Å²) in [5.74, 6) is 0.835. The van der Waals surface area contributed by atoms with Gasteiger partial charge in [0.25, 0.3) is 0 Å². The van der Waals surface area contributed by atoms with Crippen molar-refractivity contribution in [1.29, 1.82) is 0 Å². The molecule has 1 N–H and O–H groups in total. The number of rotatable bonds is 16. The molecule has 0 aliphatic carbocycles. The fourth-order valence-electron chi connectivity index (χ4n) is 4.63. The number of carboxylic acid groups (broad SMARTS) is 1. The number of carbonyl (C=O) groups is 1. The van der Waals surface area contributed by atoms with Crippen LogP contribution in [0, 0.1) is 0 Å². The summed E-state index contributed by atoms with van der Waals surface area (Å²) in [4.78, 5) is 10.7. The van der Waals surface area contributed by atoms with Crippen molar-refractivity contribution in [1.82, 2.24) is 0 Å². The molecule has 0 fully saturated rings. The van der Waals surface area contributed by atoms with Crippen LogP contribution in [0.25, 0.3) is 0 Å². The number of benzene rings is 3. The van der Waals surface area contributed by atoms with Crippen LogP contribution in [-0.4, -0.2) is 31.4 Å². The largest absolute Gasteiger partial charge is 0.497 e. The molecular weight excluding hydrogens is 464 g/mol. The van der Waals surface area contributed by atoms with Crippen molar-refractivity contribution in [3.8, 4) is 11.5 Å². The van der Waals surface area contributed by atoms with Crippen LogP contribution in [0.3, 0.4) is 0 Å². The van der Waals surface area contributed by atoms with Crippen LogP contribution in [0.2, 0.25) is 0 Å². The molecule has 0 amide bonds. The highest BCUT2D eigenvalue weighted by atomic mass is 16.5. The first-order chi connectivity index (χ1) is 18.0. The average Bonchev–Trinajstić information content (AvgIpc) is 2.95. The summed E-state index contributed by atoms with van der Waals surface area (Å²) < 4.78 is 17.9. The van der Waals surface area contributed by atoms with Crippen LogP contribution in [-0.2, 0) is 15.1 Å². The monoisotopic (exact) mass is 502 g/mol. The third-order valence-corrected chi connectivity index (χ3v) is 6.64. The second-order valence-electron chi connectivity index (χ2n) is 9.10. The minimum atomic E-state index is -0.875. The Morgan fingerprint density at radius 2 is 1.27 bits per heavy atom. The molecule has 0 aromatic heterocycles. The van der Waals surface area contributed by atoms with E-state index >= 15 is 0 Å². The molecule has 5 nitrogen and oxygen atoms in total. The second-order valence-corrected chi connectivity index (χ2v) is 9.10. The standard InChI is InChI=1S/C32H38O5/c1-4-28(15-11-6-5-7-12-16-31(33)34)37-32(25-13-9-8-10-14-25,26-17-21-29(35-2)22-18-26)27-19-23-30(36-3)24-20-27/h4,8-10,13-14,17-24,28H,1,5-7,11-12,15-16H2,2-3H3,(H,33,34). The summed E-state index contributed by atoms with van der Waals surface area (Å²) >= 11 is 0. The second kappa shape index (κ2) is 14.2. The van der Waals surface area contributed by atoms with Crippen LogP contribution in [0.1, 0.15) is 61.6 Å². The summed E-state index contributed by atoms with van der Waals surface area (Å²) in [6.45, 7) is 4.10. The molecule has 5 heteroatoms. The molecule has 3 aromatic carbocycles. The zero-order valence-corrected chi connectivity index (χ0v) is 21.9. The minimum absolute atomic E-state index is 0.191. The molecule has 1 atom stereocenters. The third kappa shape index (κ3) is 7.46. The van der Waals surface area contributed by atoms with E-state index in [1.165, 1.54) is 0 Å². The van der Waals surface area contributed by atoms with E-state index in [-0.39, 0.29) is 12.5 Å². The van der Waals surface area contributed by atoms with Gasteiger partial charge in [0.2, 0.25) is 0 Å². The lowest BCUT2D eigenvalue weighted by Gasteiger charge is -2.38. The van der Waals surface area contributed by atoms with Gasteiger partial charge in [-0.2, -0.15) is 0 Å². The summed E-state index contributed by atoms with van der Waals surface area (Å²) in [7, 11) is 3.32. The van der Waals surface area contributed by atoms with E-state index in [1.54, 1.807) is 14.2 Å². The van der Waals surface area contributed by atoms with Crippen LogP contribution >= 0.6 is 0 Å². The molecule has 0 saturated heterocycles. The molecule has 0 spiro atoms. The Hall–Kier alpha value is -3.57. The highest BCUT2D eigenvalue weighted by Crippen LogP contribution is 2.43. The average molecular weight is 503 g/mol. The number of unbranched alkanes of at least 4 members (excludes halogenated alkanes) is 4. The Morgan fingerprint density at radius 1 is 0.784 bits per heavy atom. The highest BCUT2D eigenvalue weighted by Gasteiger charge is 2.39. The maximum absolute atomic E-state index is 10.7. The lowest BCUT2D eigenvalue weighted by atomic mass is 9.79. The fraction of sp³-hybridized carbons (Fsp3) is 0.344. The first-order valence-electron chi connectivity index (χ1n) is 12.9. The van der Waals surface area contributed by atoms with Crippen molar-refractivity contribution in [2.45, 2.75) is 56.7 Å². The summed E-state index contributed by atoms with van der Waals surface area (Å²) in [6, 6.07) is 26.3. The molecule has 3 aromatic rings. The first-order valence-corrected chi connectivity index (χ1v) is 12.9. The molecule has 0 heterocycles. The Morgan fingerprint density at radius 3 is 1.76 bits per heavy atom. The molecular formula is C32H38O5. The Labute approximate surface area is 220 Å². The highest BCUT2D eigenvalue weighted by molar-refractivity contribution is 5.66. The van der Waals surface area contributed by atoms with Gasteiger partial charge >= 0.3 is 5.97 Å². The van der Waals surface area contributed by atoms with E-state index in [9.17, 15) is 4.79 Å². The van der Waals surface area contributed by atoms with E-state index in [1.807, 2.05) is 48.5 Å². The van der Waals surface area contributed by atoms with Crippen molar-refractivity contribution < 1.29 is 24.1 Å². The molecule has 0 saturated carbocycles.